The second-order valence-corrected chi connectivity index (χ2v) is 4.15. The Morgan fingerprint density at radius 3 is 2.50 bits per heavy atom. The van der Waals surface area contributed by atoms with Gasteiger partial charge in [-0.05, 0) is 0 Å². The van der Waals surface area contributed by atoms with Crippen molar-refractivity contribution in [3.05, 3.63) is 0 Å². The van der Waals surface area contributed by atoms with Crippen LogP contribution in [-0.4, -0.2) is 64.7 Å². The van der Waals surface area contributed by atoms with Crippen LogP contribution in [-0.2, 0) is 0 Å². The SMILES string of the molecule is CN1CC(CO)C([CH2][Na])C1. The topological polar surface area (TPSA) is 23.5 Å². The summed E-state index contributed by atoms with van der Waals surface area (Å²) in [7, 11) is 2.14. The number of hydrogen-bond acceptors (Lipinski definition) is 2. The first kappa shape index (κ1) is 9.01. The first-order chi connectivity index (χ1) is 4.77. The molecule has 0 aromatic heterocycles. The third kappa shape index (κ3) is 1.95. The van der Waals surface area contributed by atoms with Crippen molar-refractivity contribution < 1.29 is 5.11 Å². The quantitative estimate of drug-likeness (QED) is 0.550. The number of hydrogen-bond donors (Lipinski definition) is 1. The molecule has 0 bridgehead atoms. The molecule has 0 spiro atoms. The van der Waals surface area contributed by atoms with E-state index in [1.54, 1.807) is 0 Å². The molecular formula is C7H14NNaO. The maximum atomic E-state index is 8.97. The second-order valence-electron chi connectivity index (χ2n) is 3.33. The molecule has 0 aromatic rings. The zero-order valence-electron chi connectivity index (χ0n) is 6.88. The fourth-order valence-electron chi connectivity index (χ4n) is 1.84. The predicted molar refractivity (Wildman–Crippen MR) is 42.1 cm³/mol. The van der Waals surface area contributed by atoms with Crippen LogP contribution in [0.3, 0.4) is 0 Å². The minimum absolute atomic E-state index is 0.386. The summed E-state index contributed by atoms with van der Waals surface area (Å²) in [6.45, 7) is 2.69. The molecule has 54 valence electrons. The van der Waals surface area contributed by atoms with Gasteiger partial charge >= 0.3 is 80.2 Å². The predicted octanol–water partition coefficient (Wildman–Crippen LogP) is -0.257. The van der Waals surface area contributed by atoms with Crippen LogP contribution in [0.15, 0.2) is 0 Å². The fraction of sp³-hybridized carbons (Fsp3) is 1.00. The minimum atomic E-state index is 0.386. The third-order valence-corrected chi connectivity index (χ3v) is 3.57. The molecule has 1 heterocycles. The van der Waals surface area contributed by atoms with Crippen molar-refractivity contribution in [1.82, 2.24) is 4.90 Å². The van der Waals surface area contributed by atoms with Crippen molar-refractivity contribution in [2.24, 2.45) is 11.8 Å². The summed E-state index contributed by atoms with van der Waals surface area (Å²) in [6, 6.07) is 0. The molecular weight excluding hydrogens is 137 g/mol. The number of likely N-dealkylation sites (tertiary alicyclic amines) is 1. The van der Waals surface area contributed by atoms with Gasteiger partial charge in [-0.3, -0.25) is 0 Å². The molecule has 0 aromatic carbocycles. The van der Waals surface area contributed by atoms with Crippen LogP contribution in [0.4, 0.5) is 0 Å². The van der Waals surface area contributed by atoms with Gasteiger partial charge in [-0.1, -0.05) is 0 Å². The zero-order chi connectivity index (χ0) is 7.56. The van der Waals surface area contributed by atoms with Crippen LogP contribution in [0.2, 0.25) is 3.67 Å². The molecule has 1 fully saturated rings. The van der Waals surface area contributed by atoms with E-state index < -0.39 is 0 Å². The van der Waals surface area contributed by atoms with Crippen molar-refractivity contribution >= 4 is 27.9 Å². The first-order valence-electron chi connectivity index (χ1n) is 4.07. The number of rotatable bonds is 2. The average Bonchev–Trinajstić information content (AvgIpc) is 2.30. The van der Waals surface area contributed by atoms with Gasteiger partial charge in [0.15, 0.2) is 0 Å². The van der Waals surface area contributed by atoms with Crippen LogP contribution in [0, 0.1) is 11.8 Å². The number of aliphatic hydroxyl groups excluding tert-OH is 1. The van der Waals surface area contributed by atoms with Gasteiger partial charge in [0, 0.05) is 0 Å². The van der Waals surface area contributed by atoms with E-state index in [1.165, 1.54) is 38.1 Å². The van der Waals surface area contributed by atoms with Crippen molar-refractivity contribution in [2.75, 3.05) is 26.7 Å². The van der Waals surface area contributed by atoms with Crippen LogP contribution in [0.25, 0.3) is 0 Å². The van der Waals surface area contributed by atoms with E-state index in [0.717, 1.165) is 12.5 Å². The molecule has 10 heavy (non-hydrogen) atoms. The molecule has 1 aliphatic heterocycles. The van der Waals surface area contributed by atoms with Crippen molar-refractivity contribution in [2.45, 2.75) is 3.67 Å². The van der Waals surface area contributed by atoms with E-state index in [9.17, 15) is 0 Å². The number of nitrogens with zero attached hydrogens (tertiary/aromatic N) is 1. The first-order valence-corrected chi connectivity index (χ1v) is 5.48. The normalized spacial score (nSPS) is 35.2. The second kappa shape index (κ2) is 4.07. The molecule has 3 heteroatoms. The number of aliphatic hydroxyl groups is 1. The monoisotopic (exact) mass is 151 g/mol. The molecule has 0 saturated carbocycles. The van der Waals surface area contributed by atoms with Gasteiger partial charge < -0.3 is 0 Å². The maximum absolute atomic E-state index is 8.97. The summed E-state index contributed by atoms with van der Waals surface area (Å²) in [5, 5.41) is 8.97. The fourth-order valence-corrected chi connectivity index (χ4v) is 2.77. The molecule has 2 atom stereocenters. The molecule has 0 radical (unpaired) electrons. The van der Waals surface area contributed by atoms with Gasteiger partial charge in [0.2, 0.25) is 0 Å². The summed E-state index contributed by atoms with van der Waals surface area (Å²) in [6.07, 6.45) is 0. The van der Waals surface area contributed by atoms with Crippen molar-refractivity contribution in [3.8, 4) is 0 Å². The summed E-state index contributed by atoms with van der Waals surface area (Å²) in [5.41, 5.74) is 0. The van der Waals surface area contributed by atoms with E-state index in [0.29, 0.717) is 12.5 Å². The zero-order valence-corrected chi connectivity index (χ0v) is 8.88. The van der Waals surface area contributed by atoms with E-state index in [-0.39, 0.29) is 0 Å². The van der Waals surface area contributed by atoms with Crippen LogP contribution < -0.4 is 0 Å². The molecule has 0 aliphatic carbocycles. The van der Waals surface area contributed by atoms with E-state index in [4.69, 9.17) is 5.11 Å². The van der Waals surface area contributed by atoms with Gasteiger partial charge in [-0.2, -0.15) is 0 Å². The molecule has 1 saturated heterocycles. The van der Waals surface area contributed by atoms with Crippen LogP contribution in [0.1, 0.15) is 0 Å². The Labute approximate surface area is 80.0 Å². The van der Waals surface area contributed by atoms with Gasteiger partial charge in [0.25, 0.3) is 0 Å². The van der Waals surface area contributed by atoms with E-state index in [1.807, 2.05) is 0 Å². The Morgan fingerprint density at radius 2 is 2.10 bits per heavy atom. The summed E-state index contributed by atoms with van der Waals surface area (Å²) < 4.78 is 1.34. The van der Waals surface area contributed by atoms with Crippen LogP contribution >= 0.6 is 0 Å². The molecule has 2 unspecified atom stereocenters. The molecule has 1 aliphatic rings. The molecule has 1 N–H and O–H groups in total. The summed E-state index contributed by atoms with van der Waals surface area (Å²) in [4.78, 5) is 2.32. The Kier molecular flexibility index (Phi) is 3.67. The van der Waals surface area contributed by atoms with Gasteiger partial charge in [-0.25, -0.2) is 0 Å². The van der Waals surface area contributed by atoms with Gasteiger partial charge in [0.05, 0.1) is 0 Å². The van der Waals surface area contributed by atoms with E-state index >= 15 is 0 Å². The van der Waals surface area contributed by atoms with Crippen molar-refractivity contribution in [1.29, 1.82) is 0 Å². The molecule has 2 nitrogen and oxygen atoms in total. The molecule has 0 amide bonds. The van der Waals surface area contributed by atoms with E-state index in [2.05, 4.69) is 11.9 Å². The van der Waals surface area contributed by atoms with Gasteiger partial charge in [0.1, 0.15) is 0 Å². The standard InChI is InChI=1S/C7H14NO.Na/c1-6-3-8(2)4-7(6)5-9;/h6-7,9H,1,3-5H2,2H3;. The summed E-state index contributed by atoms with van der Waals surface area (Å²) >= 11 is 1.28. The van der Waals surface area contributed by atoms with Crippen LogP contribution in [0.5, 0.6) is 0 Å². The Morgan fingerprint density at radius 1 is 1.50 bits per heavy atom. The van der Waals surface area contributed by atoms with Gasteiger partial charge in [-0.15, -0.1) is 0 Å². The Balaban J connectivity index is 2.41. The summed E-state index contributed by atoms with van der Waals surface area (Å²) in [5.74, 6) is 1.36. The Bertz CT molecular complexity index is 97.8. The van der Waals surface area contributed by atoms with Crippen molar-refractivity contribution in [3.63, 3.8) is 0 Å². The average molecular weight is 151 g/mol. The third-order valence-electron chi connectivity index (χ3n) is 2.52. The Hall–Kier alpha value is 0.920. The molecule has 1 rings (SSSR count).